The number of benzene rings is 5. The Labute approximate surface area is 263 Å². The molecule has 0 spiro atoms. The van der Waals surface area contributed by atoms with Crippen molar-refractivity contribution in [2.45, 2.75) is 6.42 Å². The van der Waals surface area contributed by atoms with E-state index in [2.05, 4.69) is 137 Å². The van der Waals surface area contributed by atoms with Crippen LogP contribution < -0.4 is 21.1 Å². The molecule has 2 aromatic heterocycles. The van der Waals surface area contributed by atoms with Crippen molar-refractivity contribution in [1.82, 2.24) is 9.97 Å². The molecule has 0 saturated heterocycles. The molecule has 0 amide bonds. The van der Waals surface area contributed by atoms with E-state index in [4.69, 9.17) is 4.74 Å². The van der Waals surface area contributed by atoms with Crippen LogP contribution in [-0.2, 0) is 6.42 Å². The first kappa shape index (κ1) is 25.7. The molecule has 7 aromatic rings. The Morgan fingerprint density at radius 3 is 1.71 bits per heavy atom. The normalized spacial score (nSPS) is 12.5. The first-order valence-corrected chi connectivity index (χ1v) is 15.4. The molecule has 0 aliphatic carbocycles. The fraction of sp³-hybridized carbons (Fsp3) is 0.0244. The van der Waals surface area contributed by atoms with E-state index in [9.17, 15) is 0 Å². The van der Waals surface area contributed by atoms with Gasteiger partial charge < -0.3 is 4.74 Å². The van der Waals surface area contributed by atoms with Gasteiger partial charge in [0.25, 0.3) is 6.71 Å². The second-order valence-electron chi connectivity index (χ2n) is 11.8. The molecule has 2 aliphatic heterocycles. The number of pyridine rings is 2. The van der Waals surface area contributed by atoms with Gasteiger partial charge in [0.05, 0.1) is 0 Å². The van der Waals surface area contributed by atoms with E-state index in [0.717, 1.165) is 40.2 Å². The smallest absolute Gasteiger partial charge is 0.251 e. The monoisotopic (exact) mass is 574 g/mol. The van der Waals surface area contributed by atoms with Crippen molar-refractivity contribution < 1.29 is 4.74 Å². The Hall–Kier alpha value is -5.74. The minimum Gasteiger partial charge on any atom is -0.458 e. The van der Waals surface area contributed by atoms with E-state index < -0.39 is 0 Å². The van der Waals surface area contributed by atoms with Gasteiger partial charge in [0.2, 0.25) is 0 Å². The van der Waals surface area contributed by atoms with Crippen LogP contribution in [0.3, 0.4) is 0 Å². The number of hydrogen-bond donors (Lipinski definition) is 0. The van der Waals surface area contributed by atoms with Crippen molar-refractivity contribution >= 4 is 23.1 Å². The highest BCUT2D eigenvalue weighted by Gasteiger charge is 2.41. The summed E-state index contributed by atoms with van der Waals surface area (Å²) in [7, 11) is 0. The van der Waals surface area contributed by atoms with E-state index in [1.54, 1.807) is 0 Å². The molecule has 0 N–H and O–H groups in total. The largest absolute Gasteiger partial charge is 0.458 e. The Morgan fingerprint density at radius 1 is 0.489 bits per heavy atom. The van der Waals surface area contributed by atoms with E-state index in [1.807, 2.05) is 24.8 Å². The average Bonchev–Trinajstić information content (AvgIpc) is 3.12. The molecule has 2 aliphatic rings. The van der Waals surface area contributed by atoms with Gasteiger partial charge in [0.15, 0.2) is 0 Å². The summed E-state index contributed by atoms with van der Waals surface area (Å²) in [5.41, 5.74) is 15.8. The maximum Gasteiger partial charge on any atom is 0.251 e. The highest BCUT2D eigenvalue weighted by atomic mass is 16.5. The molecule has 3 nitrogen and oxygen atoms in total. The molecule has 5 aromatic carbocycles. The van der Waals surface area contributed by atoms with E-state index in [-0.39, 0.29) is 6.71 Å². The zero-order valence-corrected chi connectivity index (χ0v) is 24.5. The van der Waals surface area contributed by atoms with Crippen LogP contribution in [0, 0.1) is 0 Å². The van der Waals surface area contributed by atoms with Gasteiger partial charge >= 0.3 is 0 Å². The third-order valence-corrected chi connectivity index (χ3v) is 9.27. The number of fused-ring (bicyclic) bond motifs is 4. The van der Waals surface area contributed by atoms with Gasteiger partial charge in [-0.25, -0.2) is 0 Å². The molecule has 9 rings (SSSR count). The molecule has 45 heavy (non-hydrogen) atoms. The Morgan fingerprint density at radius 2 is 1.07 bits per heavy atom. The molecule has 0 unspecified atom stereocenters. The summed E-state index contributed by atoms with van der Waals surface area (Å²) in [6.45, 7) is 0.0412. The number of nitrogens with zero attached hydrogens (tertiary/aromatic N) is 2. The number of rotatable bonds is 4. The molecule has 0 saturated carbocycles. The number of aromatic nitrogens is 2. The van der Waals surface area contributed by atoms with Crippen molar-refractivity contribution in [2.75, 3.05) is 0 Å². The quantitative estimate of drug-likeness (QED) is 0.203. The second-order valence-corrected chi connectivity index (χ2v) is 11.8. The van der Waals surface area contributed by atoms with E-state index in [0.29, 0.717) is 0 Å². The molecule has 210 valence electrons. The standard InChI is InChI=1S/C41H27BN2O/c1-3-7-27(8-4-1)31-11-13-37-33(23-31)24-36-34(29-15-19-43-20-16-29)26-35(30-17-21-44-22-18-30)41-40(36)42(37)38-14-12-32(25-39(38)45-41)28-9-5-2-6-10-28/h1-23,25-26H,24H2. The topological polar surface area (TPSA) is 35.0 Å². The molecule has 0 fully saturated rings. The predicted molar refractivity (Wildman–Crippen MR) is 184 cm³/mol. The van der Waals surface area contributed by atoms with Crippen LogP contribution in [0.15, 0.2) is 152 Å². The van der Waals surface area contributed by atoms with Crippen LogP contribution >= 0.6 is 0 Å². The summed E-state index contributed by atoms with van der Waals surface area (Å²) >= 11 is 0. The van der Waals surface area contributed by atoms with Crippen LogP contribution in [0.4, 0.5) is 0 Å². The fourth-order valence-electron chi connectivity index (χ4n) is 7.17. The van der Waals surface area contributed by atoms with E-state index >= 15 is 0 Å². The summed E-state index contributed by atoms with van der Waals surface area (Å²) < 4.78 is 7.04. The average molecular weight is 574 g/mol. The lowest BCUT2D eigenvalue weighted by Gasteiger charge is -2.36. The summed E-state index contributed by atoms with van der Waals surface area (Å²) in [4.78, 5) is 8.65. The second kappa shape index (κ2) is 10.5. The summed E-state index contributed by atoms with van der Waals surface area (Å²) in [6.07, 6.45) is 8.30. The lowest BCUT2D eigenvalue weighted by Crippen LogP contribution is -2.59. The molecular formula is C41H27BN2O. The molecule has 4 heteroatoms. The summed E-state index contributed by atoms with van der Waals surface area (Å²) in [6, 6.07) is 45.7. The van der Waals surface area contributed by atoms with Gasteiger partial charge in [-0.15, -0.1) is 0 Å². The van der Waals surface area contributed by atoms with Gasteiger partial charge in [-0.1, -0.05) is 96.5 Å². The number of ether oxygens (including phenoxy) is 1. The van der Waals surface area contributed by atoms with Crippen molar-refractivity contribution in [3.63, 3.8) is 0 Å². The predicted octanol–water partition coefficient (Wildman–Crippen LogP) is 7.67. The summed E-state index contributed by atoms with van der Waals surface area (Å²) in [5, 5.41) is 0. The SMILES string of the molecule is c1ccc(-c2ccc3c(c2)Cc2c(-c4ccncc4)cc(-c4ccncc4)c4c2B3c2ccc(-c3ccccc3)cc2O4)cc1. The van der Waals surface area contributed by atoms with Gasteiger partial charge in [-0.2, -0.15) is 0 Å². The van der Waals surface area contributed by atoms with Crippen molar-refractivity contribution in [3.05, 3.63) is 163 Å². The molecule has 0 bridgehead atoms. The maximum atomic E-state index is 7.04. The first-order chi connectivity index (χ1) is 22.3. The van der Waals surface area contributed by atoms with Crippen LogP contribution in [0.25, 0.3) is 44.5 Å². The van der Waals surface area contributed by atoms with Crippen molar-refractivity contribution in [1.29, 1.82) is 0 Å². The van der Waals surface area contributed by atoms with Crippen LogP contribution in [-0.4, -0.2) is 16.7 Å². The van der Waals surface area contributed by atoms with Gasteiger partial charge in [0, 0.05) is 30.4 Å². The molecule has 0 atom stereocenters. The maximum absolute atomic E-state index is 7.04. The van der Waals surface area contributed by atoms with E-state index in [1.165, 1.54) is 49.8 Å². The summed E-state index contributed by atoms with van der Waals surface area (Å²) in [5.74, 6) is 1.85. The Bertz CT molecular complexity index is 2050. The molecular weight excluding hydrogens is 547 g/mol. The zero-order chi connectivity index (χ0) is 29.7. The minimum atomic E-state index is 0.0412. The highest BCUT2D eigenvalue weighted by Crippen LogP contribution is 2.42. The zero-order valence-electron chi connectivity index (χ0n) is 24.5. The number of hydrogen-bond acceptors (Lipinski definition) is 3. The third kappa shape index (κ3) is 4.29. The lowest BCUT2D eigenvalue weighted by molar-refractivity contribution is 0.489. The Balaban J connectivity index is 1.33. The fourth-order valence-corrected chi connectivity index (χ4v) is 7.17. The van der Waals surface area contributed by atoms with Gasteiger partial charge in [0.1, 0.15) is 11.5 Å². The van der Waals surface area contributed by atoms with Crippen molar-refractivity contribution in [3.8, 4) is 56.0 Å². The minimum absolute atomic E-state index is 0.0412. The molecule has 4 heterocycles. The molecule has 0 radical (unpaired) electrons. The van der Waals surface area contributed by atoms with Crippen LogP contribution in [0.5, 0.6) is 11.5 Å². The Kier molecular flexibility index (Phi) is 5.98. The first-order valence-electron chi connectivity index (χ1n) is 15.4. The van der Waals surface area contributed by atoms with Gasteiger partial charge in [-0.05, 0) is 104 Å². The third-order valence-electron chi connectivity index (χ3n) is 9.27. The highest BCUT2D eigenvalue weighted by molar-refractivity contribution is 6.98. The lowest BCUT2D eigenvalue weighted by atomic mass is 9.32. The van der Waals surface area contributed by atoms with Crippen molar-refractivity contribution in [2.24, 2.45) is 0 Å². The van der Waals surface area contributed by atoms with Crippen LogP contribution in [0.2, 0.25) is 0 Å². The van der Waals surface area contributed by atoms with Crippen LogP contribution in [0.1, 0.15) is 11.1 Å². The van der Waals surface area contributed by atoms with Gasteiger partial charge in [-0.3, -0.25) is 9.97 Å².